The Balaban J connectivity index is 1.50. The van der Waals surface area contributed by atoms with Crippen LogP contribution < -0.4 is 10.1 Å². The lowest BCUT2D eigenvalue weighted by Crippen LogP contribution is -2.37. The quantitative estimate of drug-likeness (QED) is 0.726. The van der Waals surface area contributed by atoms with Crippen molar-refractivity contribution < 1.29 is 9.13 Å². The summed E-state index contributed by atoms with van der Waals surface area (Å²) in [5, 5.41) is 3.95. The van der Waals surface area contributed by atoms with Crippen LogP contribution in [0.3, 0.4) is 0 Å². The van der Waals surface area contributed by atoms with Crippen molar-refractivity contribution in [3.8, 4) is 5.75 Å². The fourth-order valence-electron chi connectivity index (χ4n) is 3.47. The second kappa shape index (κ2) is 9.36. The molecule has 0 aromatic heterocycles. The maximum Gasteiger partial charge on any atom is 0.124 e. The van der Waals surface area contributed by atoms with Crippen molar-refractivity contribution in [2.45, 2.75) is 39.0 Å². The molecule has 140 valence electrons. The van der Waals surface area contributed by atoms with Gasteiger partial charge < -0.3 is 10.1 Å². The number of hydrogen-bond acceptors (Lipinski definition) is 3. The minimum atomic E-state index is -0.337. The Labute approximate surface area is 160 Å². The first kappa shape index (κ1) is 19.2. The van der Waals surface area contributed by atoms with E-state index >= 15 is 0 Å². The molecule has 1 fully saturated rings. The van der Waals surface area contributed by atoms with Crippen LogP contribution in [0.25, 0.3) is 0 Å². The van der Waals surface area contributed by atoms with E-state index in [9.17, 15) is 4.39 Å². The number of nitrogens with one attached hydrogen (secondary N) is 1. The van der Waals surface area contributed by atoms with Crippen molar-refractivity contribution >= 4 is 11.6 Å². The third-order valence-electron chi connectivity index (χ3n) is 4.92. The second-order valence-corrected chi connectivity index (χ2v) is 7.13. The minimum Gasteiger partial charge on any atom is -0.489 e. The lowest BCUT2D eigenvalue weighted by atomic mass is 10.2. The summed E-state index contributed by atoms with van der Waals surface area (Å²) in [5.41, 5.74) is 1.96. The summed E-state index contributed by atoms with van der Waals surface area (Å²) in [6, 6.07) is 13.1. The van der Waals surface area contributed by atoms with Crippen molar-refractivity contribution in [2.75, 3.05) is 19.6 Å². The van der Waals surface area contributed by atoms with Gasteiger partial charge in [-0.15, -0.1) is 0 Å². The third kappa shape index (κ3) is 5.19. The molecule has 2 aromatic rings. The predicted molar refractivity (Wildman–Crippen MR) is 104 cm³/mol. The number of benzene rings is 2. The molecule has 3 rings (SSSR count). The highest BCUT2D eigenvalue weighted by molar-refractivity contribution is 6.31. The number of likely N-dealkylation sites (tertiary alicyclic amines) is 1. The van der Waals surface area contributed by atoms with Crippen LogP contribution in [0.2, 0.25) is 5.02 Å². The largest absolute Gasteiger partial charge is 0.489 e. The molecule has 0 aliphatic carbocycles. The fraction of sp³-hybridized carbons (Fsp3) is 0.429. The molecule has 0 bridgehead atoms. The van der Waals surface area contributed by atoms with Gasteiger partial charge in [-0.2, -0.15) is 0 Å². The summed E-state index contributed by atoms with van der Waals surface area (Å²) in [6.07, 6.45) is 2.58. The highest BCUT2D eigenvalue weighted by Crippen LogP contribution is 2.21. The standard InChI is InChI=1S/C21H26ClFN2O/c1-2-25-10-4-6-19(25)14-24-13-16-5-3-7-20(11-16)26-15-17-8-9-18(23)12-21(17)22/h3,5,7-9,11-12,19,24H,2,4,6,10,13-15H2,1H3. The van der Waals surface area contributed by atoms with Crippen molar-refractivity contribution in [1.29, 1.82) is 0 Å². The Kier molecular flexibility index (Phi) is 6.89. The highest BCUT2D eigenvalue weighted by Gasteiger charge is 2.22. The Bertz CT molecular complexity index is 725. The molecule has 1 heterocycles. The Morgan fingerprint density at radius 3 is 2.96 bits per heavy atom. The monoisotopic (exact) mass is 376 g/mol. The molecular formula is C21H26ClFN2O. The molecule has 2 aromatic carbocycles. The summed E-state index contributed by atoms with van der Waals surface area (Å²) in [5.74, 6) is 0.455. The number of nitrogens with zero attached hydrogens (tertiary/aromatic N) is 1. The number of ether oxygens (including phenoxy) is 1. The SMILES string of the molecule is CCN1CCCC1CNCc1cccc(OCc2ccc(F)cc2Cl)c1. The molecule has 26 heavy (non-hydrogen) atoms. The van der Waals surface area contributed by atoms with E-state index in [0.29, 0.717) is 17.7 Å². The summed E-state index contributed by atoms with van der Waals surface area (Å²) in [4.78, 5) is 2.54. The van der Waals surface area contributed by atoms with Gasteiger partial charge in [0, 0.05) is 24.7 Å². The van der Waals surface area contributed by atoms with Crippen LogP contribution in [0.15, 0.2) is 42.5 Å². The van der Waals surface area contributed by atoms with Crippen LogP contribution >= 0.6 is 11.6 Å². The molecule has 0 spiro atoms. The first-order chi connectivity index (χ1) is 12.7. The number of rotatable bonds is 8. The van der Waals surface area contributed by atoms with Crippen LogP contribution in [0.5, 0.6) is 5.75 Å². The van der Waals surface area contributed by atoms with E-state index in [1.807, 2.05) is 18.2 Å². The topological polar surface area (TPSA) is 24.5 Å². The van der Waals surface area contributed by atoms with Gasteiger partial charge in [0.2, 0.25) is 0 Å². The van der Waals surface area contributed by atoms with Gasteiger partial charge in [-0.25, -0.2) is 4.39 Å². The molecule has 0 amide bonds. The minimum absolute atomic E-state index is 0.323. The summed E-state index contributed by atoms with van der Waals surface area (Å²) in [6.45, 7) is 6.74. The Hall–Kier alpha value is -1.62. The molecular weight excluding hydrogens is 351 g/mol. The molecule has 1 atom stereocenters. The van der Waals surface area contributed by atoms with Crippen LogP contribution in [0, 0.1) is 5.82 Å². The van der Waals surface area contributed by atoms with Crippen LogP contribution in [0.4, 0.5) is 4.39 Å². The zero-order chi connectivity index (χ0) is 18.4. The summed E-state index contributed by atoms with van der Waals surface area (Å²) in [7, 11) is 0. The molecule has 1 aliphatic heterocycles. The van der Waals surface area contributed by atoms with E-state index in [1.54, 1.807) is 6.07 Å². The summed E-state index contributed by atoms with van der Waals surface area (Å²) < 4.78 is 18.9. The molecule has 3 nitrogen and oxygen atoms in total. The van der Waals surface area contributed by atoms with E-state index in [-0.39, 0.29) is 5.82 Å². The van der Waals surface area contributed by atoms with E-state index < -0.39 is 0 Å². The summed E-state index contributed by atoms with van der Waals surface area (Å²) >= 11 is 6.05. The van der Waals surface area contributed by atoms with Gasteiger partial charge in [-0.3, -0.25) is 4.90 Å². The Morgan fingerprint density at radius 2 is 2.15 bits per heavy atom. The predicted octanol–water partition coefficient (Wildman–Crippen LogP) is 4.63. The highest BCUT2D eigenvalue weighted by atomic mass is 35.5. The molecule has 1 N–H and O–H groups in total. The molecule has 0 saturated carbocycles. The van der Waals surface area contributed by atoms with Crippen molar-refractivity contribution in [1.82, 2.24) is 10.2 Å². The van der Waals surface area contributed by atoms with Gasteiger partial charge in [-0.05, 0) is 55.8 Å². The third-order valence-corrected chi connectivity index (χ3v) is 5.27. The van der Waals surface area contributed by atoms with Gasteiger partial charge in [0.25, 0.3) is 0 Å². The maximum absolute atomic E-state index is 13.1. The lowest BCUT2D eigenvalue weighted by Gasteiger charge is -2.23. The average molecular weight is 377 g/mol. The van der Waals surface area contributed by atoms with Gasteiger partial charge >= 0.3 is 0 Å². The molecule has 1 unspecified atom stereocenters. The fourth-order valence-corrected chi connectivity index (χ4v) is 3.69. The van der Waals surface area contributed by atoms with Crippen LogP contribution in [0.1, 0.15) is 30.9 Å². The van der Waals surface area contributed by atoms with E-state index in [0.717, 1.165) is 30.9 Å². The number of hydrogen-bond donors (Lipinski definition) is 1. The average Bonchev–Trinajstić information content (AvgIpc) is 3.09. The molecule has 0 radical (unpaired) electrons. The Morgan fingerprint density at radius 1 is 1.27 bits per heavy atom. The number of likely N-dealkylation sites (N-methyl/N-ethyl adjacent to an activating group) is 1. The smallest absolute Gasteiger partial charge is 0.124 e. The van der Waals surface area contributed by atoms with Crippen LogP contribution in [-0.4, -0.2) is 30.6 Å². The van der Waals surface area contributed by atoms with Gasteiger partial charge in [0.15, 0.2) is 0 Å². The van der Waals surface area contributed by atoms with Gasteiger partial charge in [-0.1, -0.05) is 36.7 Å². The second-order valence-electron chi connectivity index (χ2n) is 6.73. The zero-order valence-corrected chi connectivity index (χ0v) is 15.9. The van der Waals surface area contributed by atoms with E-state index in [4.69, 9.17) is 16.3 Å². The van der Waals surface area contributed by atoms with Crippen LogP contribution in [-0.2, 0) is 13.2 Å². The zero-order valence-electron chi connectivity index (χ0n) is 15.2. The first-order valence-electron chi connectivity index (χ1n) is 9.26. The van der Waals surface area contributed by atoms with Gasteiger partial charge in [0.05, 0.1) is 5.02 Å². The normalized spacial score (nSPS) is 17.6. The lowest BCUT2D eigenvalue weighted by molar-refractivity contribution is 0.260. The van der Waals surface area contributed by atoms with Gasteiger partial charge in [0.1, 0.15) is 18.2 Å². The number of halogens is 2. The molecule has 1 aliphatic rings. The molecule has 5 heteroatoms. The van der Waals surface area contributed by atoms with Crippen molar-refractivity contribution in [3.05, 3.63) is 64.4 Å². The van der Waals surface area contributed by atoms with Crippen molar-refractivity contribution in [2.24, 2.45) is 0 Å². The molecule has 1 saturated heterocycles. The van der Waals surface area contributed by atoms with E-state index in [1.165, 1.54) is 37.1 Å². The first-order valence-corrected chi connectivity index (χ1v) is 9.64. The van der Waals surface area contributed by atoms with E-state index in [2.05, 4.69) is 23.2 Å². The van der Waals surface area contributed by atoms with Crippen molar-refractivity contribution in [3.63, 3.8) is 0 Å². The maximum atomic E-state index is 13.1.